The van der Waals surface area contributed by atoms with Gasteiger partial charge < -0.3 is 19.8 Å². The first kappa shape index (κ1) is 20.2. The molecule has 0 radical (unpaired) electrons. The van der Waals surface area contributed by atoms with E-state index in [2.05, 4.69) is 10.9 Å². The van der Waals surface area contributed by atoms with Crippen molar-refractivity contribution < 1.29 is 47.6 Å². The summed E-state index contributed by atoms with van der Waals surface area (Å²) in [6, 6.07) is 0. The maximum absolute atomic E-state index is 9.39. The minimum absolute atomic E-state index is 0.750. The van der Waals surface area contributed by atoms with Gasteiger partial charge in [0.05, 0.1) is 6.26 Å². The fourth-order valence-electron chi connectivity index (χ4n) is 0.0598. The average Bonchev–Trinajstić information content (AvgIpc) is 1.79. The van der Waals surface area contributed by atoms with Crippen molar-refractivity contribution in [2.24, 2.45) is 0 Å². The first-order valence-corrected chi connectivity index (χ1v) is 6.41. The molecule has 0 saturated heterocycles. The van der Waals surface area contributed by atoms with Crippen molar-refractivity contribution in [2.75, 3.05) is 0 Å². The van der Waals surface area contributed by atoms with Crippen molar-refractivity contribution in [2.45, 2.75) is 0 Å². The molecule has 0 aromatic heterocycles. The van der Waals surface area contributed by atoms with Gasteiger partial charge in [-0.05, 0) is 0 Å². The van der Waals surface area contributed by atoms with Crippen LogP contribution in [0.4, 0.5) is 0 Å². The van der Waals surface area contributed by atoms with Gasteiger partial charge in [0, 0.05) is 9.13 Å². The third-order valence-electron chi connectivity index (χ3n) is 0.140. The molecule has 2 atom stereocenters. The molecule has 0 aromatic carbocycles. The zero-order chi connectivity index (χ0) is 13.1. The molecule has 0 heterocycles. The number of rotatable bonds is 2. The minimum atomic E-state index is -4.64. The molecule has 0 rings (SSSR count). The molecular formula is C2H9O10P3+2. The van der Waals surface area contributed by atoms with Gasteiger partial charge in [0.25, 0.3) is 0 Å². The van der Waals surface area contributed by atoms with Gasteiger partial charge in [0.15, 0.2) is 4.31 Å². The van der Waals surface area contributed by atoms with E-state index in [1.165, 1.54) is 0 Å². The van der Waals surface area contributed by atoms with Crippen molar-refractivity contribution in [3.05, 3.63) is 12.8 Å². The van der Waals surface area contributed by atoms with Gasteiger partial charge in [-0.3, -0.25) is 0 Å². The monoisotopic (exact) mass is 286 g/mol. The molecule has 13 heteroatoms. The van der Waals surface area contributed by atoms with E-state index in [9.17, 15) is 9.13 Å². The topological polar surface area (TPSA) is 182 Å². The van der Waals surface area contributed by atoms with Crippen LogP contribution in [0, 0.1) is 0 Å². The Morgan fingerprint density at radius 1 is 1.13 bits per heavy atom. The molecule has 0 saturated carbocycles. The van der Waals surface area contributed by atoms with Crippen LogP contribution in [-0.4, -0.2) is 29.6 Å². The summed E-state index contributed by atoms with van der Waals surface area (Å²) in [5, 5.41) is 7.33. The lowest BCUT2D eigenvalue weighted by molar-refractivity contribution is 0.275. The lowest BCUT2D eigenvalue weighted by Crippen LogP contribution is -1.66. The Bertz CT molecular complexity index is 221. The molecule has 0 amide bonds. The van der Waals surface area contributed by atoms with Crippen molar-refractivity contribution >= 4 is 24.3 Å². The lowest BCUT2D eigenvalue weighted by atomic mass is 11.2. The molecule has 0 aromatic rings. The minimum Gasteiger partial charge on any atom is -0.516 e. The summed E-state index contributed by atoms with van der Waals surface area (Å²) in [7, 11) is -10.5. The summed E-state index contributed by atoms with van der Waals surface area (Å²) in [6.45, 7) is 2.92. The molecule has 10 nitrogen and oxygen atoms in total. The van der Waals surface area contributed by atoms with Crippen LogP contribution in [0.3, 0.4) is 0 Å². The average molecular weight is 286 g/mol. The third kappa shape index (κ3) is 136. The van der Waals surface area contributed by atoms with Crippen molar-refractivity contribution in [1.82, 2.24) is 0 Å². The van der Waals surface area contributed by atoms with E-state index in [4.69, 9.17) is 34.1 Å². The second-order valence-electron chi connectivity index (χ2n) is 1.25. The van der Waals surface area contributed by atoms with Gasteiger partial charge >= 0.3 is 24.3 Å². The number of aliphatic hydroxyl groups is 1. The predicted molar refractivity (Wildman–Crippen MR) is 47.8 cm³/mol. The molecule has 6 N–H and O–H groups in total. The van der Waals surface area contributed by atoms with E-state index < -0.39 is 24.3 Å². The van der Waals surface area contributed by atoms with Crippen LogP contribution < -0.4 is 0 Å². The Kier molecular flexibility index (Phi) is 15.9. The molecule has 0 bridgehead atoms. The van der Waals surface area contributed by atoms with Gasteiger partial charge in [-0.15, -0.1) is 9.79 Å². The molecule has 0 aliphatic heterocycles. The predicted octanol–water partition coefficient (Wildman–Crippen LogP) is 0.0617. The Labute approximate surface area is 85.6 Å². The van der Waals surface area contributed by atoms with E-state index in [1.807, 2.05) is 0 Å². The number of hydrogen-bond acceptors (Lipinski definition) is 5. The molecule has 0 aliphatic rings. The lowest BCUT2D eigenvalue weighted by Gasteiger charge is -1.82. The number of aliphatic hydroxyl groups excluding tert-OH is 1. The normalized spacial score (nSPS) is 11.0. The highest BCUT2D eigenvalue weighted by Crippen LogP contribution is 2.30. The molecule has 0 spiro atoms. The first-order valence-electron chi connectivity index (χ1n) is 2.58. The van der Waals surface area contributed by atoms with E-state index in [-0.39, 0.29) is 0 Å². The highest BCUT2D eigenvalue weighted by Gasteiger charge is 2.31. The van der Waals surface area contributed by atoms with Crippen molar-refractivity contribution in [1.29, 1.82) is 0 Å². The maximum Gasteiger partial charge on any atom is 0.745 e. The standard InChI is InChI=1S/C2H4O.O5P2.H3O4P/c1-2-3;1-6(2)5-7(3)4;1-5(2,3)4/h2-3H,1H2;;(H3,1,2,3,4)/p+2. The molecule has 0 aliphatic carbocycles. The Balaban J connectivity index is -0.000000158. The SMILES string of the molecule is C=CO.O=P(O)(O)O.O=[P+](O)O[P+](=O)O. The Morgan fingerprint density at radius 2 is 1.27 bits per heavy atom. The summed E-state index contributed by atoms with van der Waals surface area (Å²) < 4.78 is 31.0. The zero-order valence-electron chi connectivity index (χ0n) is 6.94. The van der Waals surface area contributed by atoms with Gasteiger partial charge in [0.1, 0.15) is 0 Å². The number of phosphoric acid groups is 1. The smallest absolute Gasteiger partial charge is 0.516 e. The molecule has 15 heavy (non-hydrogen) atoms. The summed E-state index contributed by atoms with van der Waals surface area (Å²) in [5.41, 5.74) is 0. The van der Waals surface area contributed by atoms with Gasteiger partial charge in [-0.25, -0.2) is 4.57 Å². The van der Waals surface area contributed by atoms with Crippen molar-refractivity contribution in [3.8, 4) is 0 Å². The van der Waals surface area contributed by atoms with Crippen LogP contribution in [0.2, 0.25) is 0 Å². The summed E-state index contributed by atoms with van der Waals surface area (Å²) in [6.07, 6.45) is 0.750. The highest BCUT2D eigenvalue weighted by molar-refractivity contribution is 7.46. The van der Waals surface area contributed by atoms with Crippen LogP contribution in [0.25, 0.3) is 0 Å². The van der Waals surface area contributed by atoms with Crippen LogP contribution in [0.1, 0.15) is 0 Å². The van der Waals surface area contributed by atoms with E-state index in [0.717, 1.165) is 6.26 Å². The van der Waals surface area contributed by atoms with E-state index in [0.29, 0.717) is 0 Å². The fourth-order valence-corrected chi connectivity index (χ4v) is 0.538. The van der Waals surface area contributed by atoms with Crippen LogP contribution in [0.15, 0.2) is 12.8 Å². The summed E-state index contributed by atoms with van der Waals surface area (Å²) >= 11 is 0. The molecule has 90 valence electrons. The molecular weight excluding hydrogens is 277 g/mol. The second-order valence-corrected chi connectivity index (χ2v) is 3.88. The van der Waals surface area contributed by atoms with Gasteiger partial charge in [-0.1, -0.05) is 6.58 Å². The summed E-state index contributed by atoms with van der Waals surface area (Å²) in [4.78, 5) is 36.9. The Morgan fingerprint density at radius 3 is 1.27 bits per heavy atom. The second kappa shape index (κ2) is 11.8. The van der Waals surface area contributed by atoms with E-state index >= 15 is 0 Å². The largest absolute Gasteiger partial charge is 0.745 e. The molecule has 2 unspecified atom stereocenters. The van der Waals surface area contributed by atoms with Crippen LogP contribution in [0.5, 0.6) is 0 Å². The maximum atomic E-state index is 9.39. The highest BCUT2D eigenvalue weighted by atomic mass is 31.2. The number of hydrogen-bond donors (Lipinski definition) is 6. The zero-order valence-corrected chi connectivity index (χ0v) is 9.63. The quantitative estimate of drug-likeness (QED) is 0.300. The van der Waals surface area contributed by atoms with Gasteiger partial charge in [0.2, 0.25) is 0 Å². The molecule has 0 fully saturated rings. The third-order valence-corrected chi connectivity index (χ3v) is 1.26. The van der Waals surface area contributed by atoms with Gasteiger partial charge in [-0.2, -0.15) is 0 Å². The summed E-state index contributed by atoms with van der Waals surface area (Å²) in [5.74, 6) is 0. The Hall–Kier alpha value is -0.270. The van der Waals surface area contributed by atoms with Crippen molar-refractivity contribution in [3.63, 3.8) is 0 Å². The van der Waals surface area contributed by atoms with E-state index in [1.54, 1.807) is 0 Å². The fraction of sp³-hybridized carbons (Fsp3) is 0. The van der Waals surface area contributed by atoms with Crippen LogP contribution >= 0.6 is 24.3 Å². The van der Waals surface area contributed by atoms with Crippen LogP contribution in [-0.2, 0) is 18.0 Å². The first-order chi connectivity index (χ1) is 6.54.